The molecule has 0 bridgehead atoms. The molecule has 4 nitrogen and oxygen atoms in total. The van der Waals surface area contributed by atoms with Crippen LogP contribution in [0.2, 0.25) is 0 Å². The van der Waals surface area contributed by atoms with Crippen LogP contribution in [-0.2, 0) is 10.1 Å². The monoisotopic (exact) mass is 179 g/mol. The molecule has 0 spiro atoms. The zero-order chi connectivity index (χ0) is 8.48. The highest BCUT2D eigenvalue weighted by atomic mass is 32.2. The summed E-state index contributed by atoms with van der Waals surface area (Å²) < 4.78 is 29.5. The fourth-order valence-corrected chi connectivity index (χ4v) is 2.35. The lowest BCUT2D eigenvalue weighted by Crippen LogP contribution is -2.20. The van der Waals surface area contributed by atoms with Crippen LogP contribution >= 0.6 is 0 Å². The van der Waals surface area contributed by atoms with Crippen molar-refractivity contribution < 1.29 is 13.0 Å². The van der Waals surface area contributed by atoms with Gasteiger partial charge in [0, 0.05) is 0 Å². The first-order chi connectivity index (χ1) is 4.99. The van der Waals surface area contributed by atoms with Gasteiger partial charge < -0.3 is 5.32 Å². The van der Waals surface area contributed by atoms with E-state index in [-0.39, 0.29) is 11.7 Å². The highest BCUT2D eigenvalue weighted by molar-refractivity contribution is 7.85. The maximum Gasteiger partial charge on any atom is 0.265 e. The van der Waals surface area contributed by atoms with Gasteiger partial charge in [0.2, 0.25) is 0 Å². The lowest BCUT2D eigenvalue weighted by molar-refractivity contribution is 0.441. The first-order valence-corrected chi connectivity index (χ1v) is 5.26. The number of rotatable bonds is 2. The van der Waals surface area contributed by atoms with Crippen LogP contribution in [0.25, 0.3) is 0 Å². The van der Waals surface area contributed by atoms with Gasteiger partial charge in [0.25, 0.3) is 10.1 Å². The molecule has 0 amide bonds. The van der Waals surface area contributed by atoms with E-state index in [1.807, 2.05) is 6.92 Å². The smallest absolute Gasteiger partial charge is 0.265 e. The minimum atomic E-state index is -3.78. The molecule has 0 radical (unpaired) electrons. The molecule has 0 saturated carbocycles. The van der Waals surface area contributed by atoms with Gasteiger partial charge in [0.05, 0.1) is 5.75 Å². The Labute approximate surface area is 66.7 Å². The van der Waals surface area contributed by atoms with E-state index in [0.717, 1.165) is 6.54 Å². The maximum absolute atomic E-state index is 10.5. The van der Waals surface area contributed by atoms with Gasteiger partial charge in [-0.15, -0.1) is 0 Å². The normalized spacial score (nSPS) is 32.5. The average Bonchev–Trinajstić information content (AvgIpc) is 2.12. The molecule has 2 N–H and O–H groups in total. The van der Waals surface area contributed by atoms with E-state index in [9.17, 15) is 8.42 Å². The molecule has 1 saturated heterocycles. The Kier molecular flexibility index (Phi) is 2.51. The molecule has 66 valence electrons. The molecule has 1 aliphatic rings. The molecular formula is C6H13NO3S. The molecule has 0 aliphatic carbocycles. The molecule has 2 atom stereocenters. The summed E-state index contributed by atoms with van der Waals surface area (Å²) in [5.74, 6) is 0.308. The number of hydrogen-bond donors (Lipinski definition) is 2. The van der Waals surface area contributed by atoms with E-state index in [0.29, 0.717) is 12.5 Å². The van der Waals surface area contributed by atoms with E-state index in [1.165, 1.54) is 0 Å². The van der Waals surface area contributed by atoms with Crippen LogP contribution in [0.3, 0.4) is 0 Å². The van der Waals surface area contributed by atoms with Crippen LogP contribution < -0.4 is 5.32 Å². The maximum atomic E-state index is 10.5. The predicted molar refractivity (Wildman–Crippen MR) is 41.9 cm³/mol. The van der Waals surface area contributed by atoms with Crippen molar-refractivity contribution in [2.75, 3.05) is 18.8 Å². The van der Waals surface area contributed by atoms with Gasteiger partial charge in [-0.3, -0.25) is 4.55 Å². The highest BCUT2D eigenvalue weighted by Gasteiger charge is 2.26. The van der Waals surface area contributed by atoms with Crippen LogP contribution in [0.15, 0.2) is 0 Å². The van der Waals surface area contributed by atoms with Crippen molar-refractivity contribution in [3.8, 4) is 0 Å². The second-order valence-corrected chi connectivity index (χ2v) is 4.64. The summed E-state index contributed by atoms with van der Waals surface area (Å²) in [5, 5.41) is 3.07. The third-order valence-corrected chi connectivity index (χ3v) is 2.95. The fourth-order valence-electron chi connectivity index (χ4n) is 1.36. The molecule has 0 aromatic rings. The molecule has 11 heavy (non-hydrogen) atoms. The van der Waals surface area contributed by atoms with Crippen molar-refractivity contribution in [2.24, 2.45) is 11.8 Å². The molecule has 0 aromatic carbocycles. The molecule has 1 rings (SSSR count). The zero-order valence-corrected chi connectivity index (χ0v) is 7.26. The molecule has 0 aromatic heterocycles. The minimum Gasteiger partial charge on any atom is -0.316 e. The number of hydrogen-bond acceptors (Lipinski definition) is 3. The standard InChI is InChI=1S/C6H13NO3S/c1-5-2-7-3-6(5)4-11(8,9)10/h5-7H,2-4H2,1H3,(H,8,9,10). The second-order valence-electron chi connectivity index (χ2n) is 3.14. The second kappa shape index (κ2) is 3.08. The molecular weight excluding hydrogens is 166 g/mol. The van der Waals surface area contributed by atoms with E-state index in [2.05, 4.69) is 5.32 Å². The fraction of sp³-hybridized carbons (Fsp3) is 1.00. The SMILES string of the molecule is CC1CNCC1CS(=O)(=O)O. The Morgan fingerprint density at radius 1 is 1.55 bits per heavy atom. The van der Waals surface area contributed by atoms with Gasteiger partial charge in [-0.1, -0.05) is 6.92 Å². The van der Waals surface area contributed by atoms with Crippen molar-refractivity contribution >= 4 is 10.1 Å². The zero-order valence-electron chi connectivity index (χ0n) is 6.45. The molecule has 2 unspecified atom stereocenters. The summed E-state index contributed by atoms with van der Waals surface area (Å²) in [4.78, 5) is 0. The van der Waals surface area contributed by atoms with Crippen molar-refractivity contribution in [1.82, 2.24) is 5.32 Å². The Bertz CT molecular complexity index is 224. The first-order valence-electron chi connectivity index (χ1n) is 3.65. The summed E-state index contributed by atoms with van der Waals surface area (Å²) in [7, 11) is -3.78. The van der Waals surface area contributed by atoms with Crippen LogP contribution in [-0.4, -0.2) is 31.8 Å². The topological polar surface area (TPSA) is 66.4 Å². The Morgan fingerprint density at radius 3 is 2.55 bits per heavy atom. The lowest BCUT2D eigenvalue weighted by atomic mass is 10.0. The first kappa shape index (κ1) is 8.96. The van der Waals surface area contributed by atoms with Gasteiger partial charge in [0.1, 0.15) is 0 Å². The highest BCUT2D eigenvalue weighted by Crippen LogP contribution is 2.16. The molecule has 1 heterocycles. The van der Waals surface area contributed by atoms with Crippen molar-refractivity contribution in [1.29, 1.82) is 0 Å². The summed E-state index contributed by atoms with van der Waals surface area (Å²) in [6.07, 6.45) is 0. The van der Waals surface area contributed by atoms with E-state index in [4.69, 9.17) is 4.55 Å². The van der Waals surface area contributed by atoms with Crippen LogP contribution in [0.5, 0.6) is 0 Å². The molecule has 5 heteroatoms. The Morgan fingerprint density at radius 2 is 2.18 bits per heavy atom. The van der Waals surface area contributed by atoms with Crippen LogP contribution in [0.1, 0.15) is 6.92 Å². The lowest BCUT2D eigenvalue weighted by Gasteiger charge is -2.10. The molecule has 1 fully saturated rings. The predicted octanol–water partition coefficient (Wildman–Crippen LogP) is -0.270. The summed E-state index contributed by atoms with van der Waals surface area (Å²) in [6.45, 7) is 3.52. The van der Waals surface area contributed by atoms with Crippen LogP contribution in [0, 0.1) is 11.8 Å². The van der Waals surface area contributed by atoms with Crippen molar-refractivity contribution in [3.63, 3.8) is 0 Å². The summed E-state index contributed by atoms with van der Waals surface area (Å²) in [5.41, 5.74) is 0. The number of nitrogens with one attached hydrogen (secondary N) is 1. The van der Waals surface area contributed by atoms with Gasteiger partial charge >= 0.3 is 0 Å². The van der Waals surface area contributed by atoms with E-state index in [1.54, 1.807) is 0 Å². The average molecular weight is 179 g/mol. The largest absolute Gasteiger partial charge is 0.316 e. The van der Waals surface area contributed by atoms with Gasteiger partial charge in [-0.25, -0.2) is 0 Å². The van der Waals surface area contributed by atoms with Crippen molar-refractivity contribution in [2.45, 2.75) is 6.92 Å². The van der Waals surface area contributed by atoms with Gasteiger partial charge in [-0.05, 0) is 24.9 Å². The minimum absolute atomic E-state index is 0.0741. The Balaban J connectivity index is 2.50. The van der Waals surface area contributed by atoms with Crippen LogP contribution in [0.4, 0.5) is 0 Å². The summed E-state index contributed by atoms with van der Waals surface area (Å²) >= 11 is 0. The molecule has 1 aliphatic heterocycles. The van der Waals surface area contributed by atoms with Gasteiger partial charge in [0.15, 0.2) is 0 Å². The van der Waals surface area contributed by atoms with Gasteiger partial charge in [-0.2, -0.15) is 8.42 Å². The third kappa shape index (κ3) is 2.76. The van der Waals surface area contributed by atoms with E-state index >= 15 is 0 Å². The quantitative estimate of drug-likeness (QED) is 0.573. The summed E-state index contributed by atoms with van der Waals surface area (Å²) in [6, 6.07) is 0. The third-order valence-electron chi connectivity index (χ3n) is 2.10. The Hall–Kier alpha value is -0.130. The van der Waals surface area contributed by atoms with E-state index < -0.39 is 10.1 Å². The van der Waals surface area contributed by atoms with Crippen molar-refractivity contribution in [3.05, 3.63) is 0 Å².